The number of carbonyl (C=O) groups is 2. The van der Waals surface area contributed by atoms with Crippen molar-refractivity contribution in [1.29, 1.82) is 0 Å². The highest BCUT2D eigenvalue weighted by atomic mass is 16.5. The normalized spacial score (nSPS) is 11.0. The second kappa shape index (κ2) is 6.41. The van der Waals surface area contributed by atoms with E-state index in [0.29, 0.717) is 5.69 Å². The Balaban J connectivity index is 2.67. The number of amides is 1. The standard InChI is InChI=1S/C15H21NO4/c1-10-7-11(5-6-12(10)20-4)16-13(17)8-15(2,3)9-14(18)19/h5-7H,8-9H2,1-4H3,(H,16,17)(H,18,19). The number of hydrogen-bond acceptors (Lipinski definition) is 3. The first kappa shape index (κ1) is 16.0. The second-order valence-electron chi connectivity index (χ2n) is 5.64. The summed E-state index contributed by atoms with van der Waals surface area (Å²) in [6.07, 6.45) is 0.117. The Morgan fingerprint density at radius 3 is 2.45 bits per heavy atom. The Labute approximate surface area is 118 Å². The number of carboxylic acids is 1. The molecule has 0 aliphatic carbocycles. The highest BCUT2D eigenvalue weighted by molar-refractivity contribution is 5.91. The predicted molar refractivity (Wildman–Crippen MR) is 77.0 cm³/mol. The summed E-state index contributed by atoms with van der Waals surface area (Å²) in [5, 5.41) is 11.6. The predicted octanol–water partition coefficient (Wildman–Crippen LogP) is 2.83. The number of rotatable bonds is 6. The summed E-state index contributed by atoms with van der Waals surface area (Å²) in [5.41, 5.74) is 1.03. The van der Waals surface area contributed by atoms with Gasteiger partial charge in [0.05, 0.1) is 13.5 Å². The van der Waals surface area contributed by atoms with Gasteiger partial charge in [0.2, 0.25) is 5.91 Å². The van der Waals surface area contributed by atoms with Gasteiger partial charge in [-0.15, -0.1) is 0 Å². The quantitative estimate of drug-likeness (QED) is 0.839. The fourth-order valence-corrected chi connectivity index (χ4v) is 2.07. The fraction of sp³-hybridized carbons (Fsp3) is 0.467. The van der Waals surface area contributed by atoms with E-state index in [1.165, 1.54) is 0 Å². The molecule has 0 unspecified atom stereocenters. The first-order valence-electron chi connectivity index (χ1n) is 6.40. The van der Waals surface area contributed by atoms with Crippen LogP contribution in [0.15, 0.2) is 18.2 Å². The molecule has 0 saturated heterocycles. The number of ether oxygens (including phenoxy) is 1. The van der Waals surface area contributed by atoms with Crippen LogP contribution in [0.5, 0.6) is 5.75 Å². The van der Waals surface area contributed by atoms with Gasteiger partial charge in [-0.2, -0.15) is 0 Å². The monoisotopic (exact) mass is 279 g/mol. The summed E-state index contributed by atoms with van der Waals surface area (Å²) in [4.78, 5) is 22.7. The topological polar surface area (TPSA) is 75.6 Å². The van der Waals surface area contributed by atoms with Gasteiger partial charge in [0.15, 0.2) is 0 Å². The SMILES string of the molecule is COc1ccc(NC(=O)CC(C)(C)CC(=O)O)cc1C. The van der Waals surface area contributed by atoms with Crippen molar-refractivity contribution in [3.63, 3.8) is 0 Å². The molecule has 0 saturated carbocycles. The number of carboxylic acid groups (broad SMARTS) is 1. The lowest BCUT2D eigenvalue weighted by molar-refractivity contribution is -0.139. The average Bonchev–Trinajstić information content (AvgIpc) is 2.25. The maximum absolute atomic E-state index is 11.9. The molecule has 1 aromatic carbocycles. The summed E-state index contributed by atoms with van der Waals surface area (Å²) in [6, 6.07) is 5.36. The van der Waals surface area contributed by atoms with Gasteiger partial charge in [0, 0.05) is 12.1 Å². The van der Waals surface area contributed by atoms with Crippen molar-refractivity contribution < 1.29 is 19.4 Å². The summed E-state index contributed by atoms with van der Waals surface area (Å²) in [7, 11) is 1.59. The Bertz CT molecular complexity index is 509. The summed E-state index contributed by atoms with van der Waals surface area (Å²) in [6.45, 7) is 5.42. The van der Waals surface area contributed by atoms with Gasteiger partial charge >= 0.3 is 5.97 Å². The van der Waals surface area contributed by atoms with E-state index in [9.17, 15) is 9.59 Å². The van der Waals surface area contributed by atoms with Crippen molar-refractivity contribution in [2.45, 2.75) is 33.6 Å². The molecule has 2 N–H and O–H groups in total. The molecular weight excluding hydrogens is 258 g/mol. The molecular formula is C15H21NO4. The van der Waals surface area contributed by atoms with Crippen molar-refractivity contribution in [3.05, 3.63) is 23.8 Å². The Hall–Kier alpha value is -2.04. The minimum absolute atomic E-state index is 0.0396. The molecule has 1 aromatic rings. The van der Waals surface area contributed by atoms with Gasteiger partial charge in [0.25, 0.3) is 0 Å². The number of aryl methyl sites for hydroxylation is 1. The van der Waals surface area contributed by atoms with Crippen molar-refractivity contribution >= 4 is 17.6 Å². The van der Waals surface area contributed by atoms with E-state index < -0.39 is 11.4 Å². The number of aliphatic carboxylic acids is 1. The zero-order valence-electron chi connectivity index (χ0n) is 12.3. The number of carbonyl (C=O) groups excluding carboxylic acids is 1. The molecule has 0 heterocycles. The van der Waals surface area contributed by atoms with E-state index >= 15 is 0 Å². The molecule has 0 atom stereocenters. The lowest BCUT2D eigenvalue weighted by Gasteiger charge is -2.21. The smallest absolute Gasteiger partial charge is 0.303 e. The van der Waals surface area contributed by atoms with E-state index in [0.717, 1.165) is 11.3 Å². The van der Waals surface area contributed by atoms with E-state index in [1.807, 2.05) is 13.0 Å². The van der Waals surface area contributed by atoms with Crippen LogP contribution in [0.1, 0.15) is 32.3 Å². The Kier molecular flexibility index (Phi) is 5.13. The minimum atomic E-state index is -0.900. The zero-order chi connectivity index (χ0) is 15.3. The van der Waals surface area contributed by atoms with E-state index in [4.69, 9.17) is 9.84 Å². The summed E-state index contributed by atoms with van der Waals surface area (Å²) >= 11 is 0. The molecule has 20 heavy (non-hydrogen) atoms. The Morgan fingerprint density at radius 1 is 1.30 bits per heavy atom. The third kappa shape index (κ3) is 4.91. The van der Waals surface area contributed by atoms with Crippen LogP contribution in [0.4, 0.5) is 5.69 Å². The number of methoxy groups -OCH3 is 1. The van der Waals surface area contributed by atoms with Crippen molar-refractivity contribution in [2.24, 2.45) is 5.41 Å². The lowest BCUT2D eigenvalue weighted by atomic mass is 9.85. The van der Waals surface area contributed by atoms with Crippen LogP contribution < -0.4 is 10.1 Å². The molecule has 110 valence electrons. The first-order valence-corrected chi connectivity index (χ1v) is 6.40. The minimum Gasteiger partial charge on any atom is -0.496 e. The van der Waals surface area contributed by atoms with Crippen LogP contribution in [0, 0.1) is 12.3 Å². The van der Waals surface area contributed by atoms with Crippen LogP contribution in [0.25, 0.3) is 0 Å². The third-order valence-corrected chi connectivity index (χ3v) is 2.95. The van der Waals surface area contributed by atoms with Gasteiger partial charge in [-0.05, 0) is 36.1 Å². The molecule has 5 heteroatoms. The van der Waals surface area contributed by atoms with E-state index in [1.54, 1.807) is 33.1 Å². The van der Waals surface area contributed by atoms with E-state index in [-0.39, 0.29) is 18.7 Å². The van der Waals surface area contributed by atoms with Crippen LogP contribution in [-0.4, -0.2) is 24.1 Å². The summed E-state index contributed by atoms with van der Waals surface area (Å²) < 4.78 is 5.15. The van der Waals surface area contributed by atoms with Crippen molar-refractivity contribution in [2.75, 3.05) is 12.4 Å². The molecule has 0 spiro atoms. The fourth-order valence-electron chi connectivity index (χ4n) is 2.07. The maximum Gasteiger partial charge on any atom is 0.303 e. The number of anilines is 1. The van der Waals surface area contributed by atoms with Crippen molar-refractivity contribution in [1.82, 2.24) is 0 Å². The van der Waals surface area contributed by atoms with Crippen LogP contribution in [0.2, 0.25) is 0 Å². The molecule has 0 bridgehead atoms. The number of hydrogen-bond donors (Lipinski definition) is 2. The molecule has 5 nitrogen and oxygen atoms in total. The molecule has 0 aliphatic heterocycles. The van der Waals surface area contributed by atoms with Gasteiger partial charge < -0.3 is 15.2 Å². The lowest BCUT2D eigenvalue weighted by Crippen LogP contribution is -2.24. The average molecular weight is 279 g/mol. The van der Waals surface area contributed by atoms with Gasteiger partial charge in [-0.25, -0.2) is 0 Å². The van der Waals surface area contributed by atoms with Gasteiger partial charge in [-0.3, -0.25) is 9.59 Å². The molecule has 0 aromatic heterocycles. The highest BCUT2D eigenvalue weighted by Crippen LogP contribution is 2.26. The second-order valence-corrected chi connectivity index (χ2v) is 5.64. The number of benzene rings is 1. The van der Waals surface area contributed by atoms with Gasteiger partial charge in [0.1, 0.15) is 5.75 Å². The zero-order valence-corrected chi connectivity index (χ0v) is 12.3. The third-order valence-electron chi connectivity index (χ3n) is 2.95. The molecule has 0 fully saturated rings. The van der Waals surface area contributed by atoms with Crippen molar-refractivity contribution in [3.8, 4) is 5.75 Å². The van der Waals surface area contributed by atoms with Crippen LogP contribution in [-0.2, 0) is 9.59 Å². The molecule has 1 amide bonds. The first-order chi connectivity index (χ1) is 9.23. The largest absolute Gasteiger partial charge is 0.496 e. The highest BCUT2D eigenvalue weighted by Gasteiger charge is 2.25. The number of nitrogens with one attached hydrogen (secondary N) is 1. The van der Waals surface area contributed by atoms with E-state index in [2.05, 4.69) is 5.32 Å². The molecule has 0 radical (unpaired) electrons. The maximum atomic E-state index is 11.9. The molecule has 1 rings (SSSR count). The van der Waals surface area contributed by atoms with Gasteiger partial charge in [-0.1, -0.05) is 13.8 Å². The summed E-state index contributed by atoms with van der Waals surface area (Å²) in [5.74, 6) is -0.335. The Morgan fingerprint density at radius 2 is 1.95 bits per heavy atom. The van der Waals surface area contributed by atoms with Crippen LogP contribution in [0.3, 0.4) is 0 Å². The molecule has 0 aliphatic rings. The van der Waals surface area contributed by atoms with Crippen LogP contribution >= 0.6 is 0 Å².